The fourth-order valence-corrected chi connectivity index (χ4v) is 4.58. The molecule has 3 aromatic rings. The molecule has 3 N–H and O–H groups in total. The number of thioether (sulfide) groups is 1. The minimum atomic E-state index is 0.219. The maximum absolute atomic E-state index is 8.50. The SMILES string of the molecule is CC(=N)c1ccc(=N)n(C(=N)Sc2ccc3ncc(N4CCC(N(C)C)C4)cc3c2)c1. The summed E-state index contributed by atoms with van der Waals surface area (Å²) in [5, 5.41) is 25.7. The Kier molecular flexibility index (Phi) is 5.93. The molecule has 8 heteroatoms. The summed E-state index contributed by atoms with van der Waals surface area (Å²) >= 11 is 1.30. The fourth-order valence-electron chi connectivity index (χ4n) is 3.78. The van der Waals surface area contributed by atoms with Crippen molar-refractivity contribution in [1.82, 2.24) is 14.5 Å². The topological polar surface area (TPSA) is 95.8 Å². The molecule has 1 atom stereocenters. The first kappa shape index (κ1) is 21.3. The van der Waals surface area contributed by atoms with Gasteiger partial charge in [-0.3, -0.25) is 20.4 Å². The van der Waals surface area contributed by atoms with Crippen molar-refractivity contribution >= 4 is 39.2 Å². The molecule has 2 aromatic heterocycles. The van der Waals surface area contributed by atoms with E-state index in [0.717, 1.165) is 41.0 Å². The summed E-state index contributed by atoms with van der Waals surface area (Å²) < 4.78 is 1.50. The quantitative estimate of drug-likeness (QED) is 0.333. The third kappa shape index (κ3) is 4.55. The second-order valence-corrected chi connectivity index (χ2v) is 9.17. The lowest BCUT2D eigenvalue weighted by atomic mass is 10.2. The molecule has 4 rings (SSSR count). The van der Waals surface area contributed by atoms with Crippen molar-refractivity contribution in [2.24, 2.45) is 0 Å². The third-order valence-electron chi connectivity index (χ3n) is 5.71. The summed E-state index contributed by atoms with van der Waals surface area (Å²) in [5.74, 6) is 0. The van der Waals surface area contributed by atoms with E-state index in [1.165, 1.54) is 16.3 Å². The van der Waals surface area contributed by atoms with Crippen molar-refractivity contribution < 1.29 is 0 Å². The van der Waals surface area contributed by atoms with Crippen LogP contribution in [0, 0.1) is 16.2 Å². The monoisotopic (exact) mass is 433 g/mol. The molecule has 1 aromatic carbocycles. The molecule has 160 valence electrons. The van der Waals surface area contributed by atoms with Gasteiger partial charge in [0.2, 0.25) is 0 Å². The number of pyridine rings is 2. The number of fused-ring (bicyclic) bond motifs is 1. The molecule has 7 nitrogen and oxygen atoms in total. The van der Waals surface area contributed by atoms with Gasteiger partial charge in [-0.25, -0.2) is 0 Å². The summed E-state index contributed by atoms with van der Waals surface area (Å²) in [4.78, 5) is 10.2. The number of nitrogens with zero attached hydrogens (tertiary/aromatic N) is 4. The summed E-state index contributed by atoms with van der Waals surface area (Å²) in [6.45, 7) is 3.74. The van der Waals surface area contributed by atoms with Crippen molar-refractivity contribution in [3.63, 3.8) is 0 Å². The van der Waals surface area contributed by atoms with Crippen LogP contribution in [0.5, 0.6) is 0 Å². The number of hydrogen-bond donors (Lipinski definition) is 3. The number of benzene rings is 1. The first-order chi connectivity index (χ1) is 14.8. The van der Waals surface area contributed by atoms with Gasteiger partial charge in [0.1, 0.15) is 5.49 Å². The Hall–Kier alpha value is -2.97. The lowest BCUT2D eigenvalue weighted by molar-refractivity contribution is 0.315. The Bertz CT molecular complexity index is 1210. The third-order valence-corrected chi connectivity index (χ3v) is 6.59. The molecule has 1 fully saturated rings. The second kappa shape index (κ2) is 8.64. The molecule has 0 bridgehead atoms. The molecule has 0 spiro atoms. The van der Waals surface area contributed by atoms with Gasteiger partial charge < -0.3 is 15.2 Å². The molecular formula is C23H27N7S. The maximum Gasteiger partial charge on any atom is 0.171 e. The van der Waals surface area contributed by atoms with Crippen molar-refractivity contribution in [3.05, 3.63) is 59.8 Å². The van der Waals surface area contributed by atoms with Crippen LogP contribution in [0.3, 0.4) is 0 Å². The Labute approximate surface area is 186 Å². The van der Waals surface area contributed by atoms with Gasteiger partial charge in [0.05, 0.1) is 17.4 Å². The maximum atomic E-state index is 8.50. The smallest absolute Gasteiger partial charge is 0.171 e. The van der Waals surface area contributed by atoms with Crippen LogP contribution < -0.4 is 10.4 Å². The molecule has 0 saturated carbocycles. The van der Waals surface area contributed by atoms with Gasteiger partial charge in [-0.1, -0.05) is 11.8 Å². The molecule has 1 aliphatic heterocycles. The molecule has 0 amide bonds. The van der Waals surface area contributed by atoms with E-state index in [1.807, 2.05) is 18.3 Å². The fraction of sp³-hybridized carbons (Fsp3) is 0.304. The molecule has 1 saturated heterocycles. The van der Waals surface area contributed by atoms with Crippen LogP contribution in [0.15, 0.2) is 53.7 Å². The van der Waals surface area contributed by atoms with Crippen molar-refractivity contribution in [2.75, 3.05) is 32.1 Å². The van der Waals surface area contributed by atoms with Crippen molar-refractivity contribution in [2.45, 2.75) is 24.3 Å². The zero-order chi connectivity index (χ0) is 22.1. The highest BCUT2D eigenvalue weighted by Crippen LogP contribution is 2.28. The number of rotatable bonds is 4. The number of anilines is 1. The summed E-state index contributed by atoms with van der Waals surface area (Å²) in [6, 6.07) is 12.1. The Morgan fingerprint density at radius 2 is 1.97 bits per heavy atom. The van der Waals surface area contributed by atoms with E-state index in [0.29, 0.717) is 17.3 Å². The number of aromatic nitrogens is 2. The zero-order valence-corrected chi connectivity index (χ0v) is 18.8. The van der Waals surface area contributed by atoms with Gasteiger partial charge in [-0.2, -0.15) is 0 Å². The van der Waals surface area contributed by atoms with E-state index in [-0.39, 0.29) is 10.7 Å². The van der Waals surface area contributed by atoms with E-state index in [1.54, 1.807) is 25.3 Å². The summed E-state index contributed by atoms with van der Waals surface area (Å²) in [5.41, 5.74) is 3.39. The lowest BCUT2D eigenvalue weighted by Gasteiger charge is -2.21. The standard InChI is InChI=1S/C23H27N7S/c1-15(24)16-4-7-22(25)30(13-16)23(26)31-20-5-6-21-17(11-20)10-19(12-27-21)29-9-8-18(14-29)28(2)3/h4-7,10-13,18,24-26H,8-9,14H2,1-3H3. The Morgan fingerprint density at radius 1 is 1.16 bits per heavy atom. The minimum absolute atomic E-state index is 0.219. The number of nitrogens with one attached hydrogen (secondary N) is 3. The highest BCUT2D eigenvalue weighted by atomic mass is 32.2. The molecular weight excluding hydrogens is 406 g/mol. The average molecular weight is 434 g/mol. The largest absolute Gasteiger partial charge is 0.369 e. The highest BCUT2D eigenvalue weighted by molar-refractivity contribution is 8.13. The predicted molar refractivity (Wildman–Crippen MR) is 128 cm³/mol. The van der Waals surface area contributed by atoms with E-state index in [2.05, 4.69) is 41.0 Å². The molecule has 1 unspecified atom stereocenters. The molecule has 3 heterocycles. The molecule has 31 heavy (non-hydrogen) atoms. The van der Waals surface area contributed by atoms with Gasteiger partial charge in [0, 0.05) is 46.9 Å². The molecule has 0 aliphatic carbocycles. The van der Waals surface area contributed by atoms with Gasteiger partial charge in [-0.15, -0.1) is 0 Å². The highest BCUT2D eigenvalue weighted by Gasteiger charge is 2.24. The van der Waals surface area contributed by atoms with Crippen LogP contribution in [-0.2, 0) is 0 Å². The van der Waals surface area contributed by atoms with Crippen LogP contribution in [0.4, 0.5) is 5.69 Å². The zero-order valence-electron chi connectivity index (χ0n) is 18.0. The lowest BCUT2D eigenvalue weighted by Crippen LogP contribution is -2.31. The van der Waals surface area contributed by atoms with Crippen LogP contribution in [0.25, 0.3) is 10.9 Å². The summed E-state index contributed by atoms with van der Waals surface area (Å²) in [6.07, 6.45) is 4.77. The van der Waals surface area contributed by atoms with Gasteiger partial charge in [-0.05, 0) is 63.8 Å². The van der Waals surface area contributed by atoms with Crippen molar-refractivity contribution in [1.29, 1.82) is 16.2 Å². The van der Waals surface area contributed by atoms with E-state index in [4.69, 9.17) is 16.2 Å². The Balaban J connectivity index is 1.58. The second-order valence-electron chi connectivity index (χ2n) is 8.11. The predicted octanol–water partition coefficient (Wildman–Crippen LogP) is 3.62. The number of hydrogen-bond acceptors (Lipinski definition) is 7. The molecule has 0 radical (unpaired) electrons. The van der Waals surface area contributed by atoms with Gasteiger partial charge in [0.25, 0.3) is 0 Å². The van der Waals surface area contributed by atoms with E-state index in [9.17, 15) is 0 Å². The van der Waals surface area contributed by atoms with E-state index >= 15 is 0 Å². The van der Waals surface area contributed by atoms with Crippen molar-refractivity contribution in [3.8, 4) is 0 Å². The van der Waals surface area contributed by atoms with Gasteiger partial charge >= 0.3 is 0 Å². The first-order valence-corrected chi connectivity index (χ1v) is 11.0. The molecule has 1 aliphatic rings. The average Bonchev–Trinajstić information content (AvgIpc) is 3.24. The minimum Gasteiger partial charge on any atom is -0.369 e. The van der Waals surface area contributed by atoms with Gasteiger partial charge in [0.15, 0.2) is 5.17 Å². The Morgan fingerprint density at radius 3 is 2.68 bits per heavy atom. The first-order valence-electron chi connectivity index (χ1n) is 10.2. The van der Waals surface area contributed by atoms with Crippen LogP contribution >= 0.6 is 11.8 Å². The van der Waals surface area contributed by atoms with Crippen LogP contribution in [-0.4, -0.2) is 58.6 Å². The van der Waals surface area contributed by atoms with Crippen LogP contribution in [0.1, 0.15) is 18.9 Å². The summed E-state index contributed by atoms with van der Waals surface area (Å²) in [7, 11) is 4.26. The number of likely N-dealkylation sites (N-methyl/N-ethyl adjacent to an activating group) is 1. The van der Waals surface area contributed by atoms with Crippen LogP contribution in [0.2, 0.25) is 0 Å². The van der Waals surface area contributed by atoms with E-state index < -0.39 is 0 Å². The normalized spacial score (nSPS) is 16.3.